The number of benzene rings is 1. The molecule has 0 spiro atoms. The maximum Gasteiger partial charge on any atom is 0.227 e. The molecule has 3 heterocycles. The van der Waals surface area contributed by atoms with Crippen LogP contribution in [0.1, 0.15) is 31.9 Å². The summed E-state index contributed by atoms with van der Waals surface area (Å²) in [5.74, 6) is 2.67. The minimum atomic E-state index is -0.248. The molecule has 0 unspecified atom stereocenters. The van der Waals surface area contributed by atoms with Gasteiger partial charge in [-0.3, -0.25) is 4.98 Å². The van der Waals surface area contributed by atoms with Gasteiger partial charge in [-0.1, -0.05) is 12.1 Å². The Balaban J connectivity index is 1.66. The molecular weight excluding hydrogens is 369 g/mol. The van der Waals surface area contributed by atoms with Gasteiger partial charge in [0.25, 0.3) is 0 Å². The van der Waals surface area contributed by atoms with E-state index in [9.17, 15) is 4.39 Å². The van der Waals surface area contributed by atoms with E-state index in [1.807, 2.05) is 24.8 Å². The average molecular weight is 393 g/mol. The largest absolute Gasteiger partial charge is 0.356 e. The highest BCUT2D eigenvalue weighted by Crippen LogP contribution is 2.29. The van der Waals surface area contributed by atoms with Crippen molar-refractivity contribution in [1.82, 2.24) is 19.9 Å². The van der Waals surface area contributed by atoms with Crippen LogP contribution in [0.25, 0.3) is 0 Å². The molecule has 0 bridgehead atoms. The number of nitrogens with one attached hydrogen (secondary N) is 1. The maximum atomic E-state index is 13.2. The van der Waals surface area contributed by atoms with Crippen LogP contribution in [-0.2, 0) is 0 Å². The smallest absolute Gasteiger partial charge is 0.227 e. The van der Waals surface area contributed by atoms with E-state index in [0.29, 0.717) is 12.5 Å². The third kappa shape index (κ3) is 4.26. The summed E-state index contributed by atoms with van der Waals surface area (Å²) in [6.45, 7) is 6.73. The minimum absolute atomic E-state index is 0.0679. The van der Waals surface area contributed by atoms with Crippen LogP contribution in [0.4, 0.5) is 27.8 Å². The second kappa shape index (κ2) is 8.38. The molecule has 1 fully saturated rings. The molecular formula is C21H24FN7. The molecule has 0 aliphatic carbocycles. The predicted molar refractivity (Wildman–Crippen MR) is 112 cm³/mol. The lowest BCUT2D eigenvalue weighted by molar-refractivity contribution is 0.609. The molecule has 0 radical (unpaired) electrons. The minimum Gasteiger partial charge on any atom is -0.356 e. The third-order valence-corrected chi connectivity index (χ3v) is 5.01. The second-order valence-corrected chi connectivity index (χ2v) is 6.97. The van der Waals surface area contributed by atoms with E-state index in [1.54, 1.807) is 30.7 Å². The van der Waals surface area contributed by atoms with Crippen molar-refractivity contribution in [3.63, 3.8) is 0 Å². The Morgan fingerprint density at radius 2 is 1.93 bits per heavy atom. The first-order valence-corrected chi connectivity index (χ1v) is 9.83. The average Bonchev–Trinajstić information content (AvgIpc) is 2.68. The van der Waals surface area contributed by atoms with Gasteiger partial charge in [-0.25, -0.2) is 9.37 Å². The van der Waals surface area contributed by atoms with E-state index in [1.165, 1.54) is 12.1 Å². The zero-order chi connectivity index (χ0) is 20.2. The molecule has 4 rings (SSSR count). The van der Waals surface area contributed by atoms with Gasteiger partial charge >= 0.3 is 0 Å². The van der Waals surface area contributed by atoms with Crippen LogP contribution in [0.15, 0.2) is 48.9 Å². The monoisotopic (exact) mass is 393 g/mol. The molecule has 1 atom stereocenters. The van der Waals surface area contributed by atoms with E-state index in [2.05, 4.69) is 20.2 Å². The molecule has 8 heteroatoms. The summed E-state index contributed by atoms with van der Waals surface area (Å²) in [5, 5.41) is 3.36. The maximum absolute atomic E-state index is 13.2. The quantitative estimate of drug-likeness (QED) is 0.652. The van der Waals surface area contributed by atoms with Gasteiger partial charge < -0.3 is 15.1 Å². The zero-order valence-electron chi connectivity index (χ0n) is 16.6. The topological polar surface area (TPSA) is 70.1 Å². The highest BCUT2D eigenvalue weighted by Gasteiger charge is 2.21. The lowest BCUT2D eigenvalue weighted by Crippen LogP contribution is -2.38. The summed E-state index contributed by atoms with van der Waals surface area (Å²) in [6.07, 6.45) is 6.21. The van der Waals surface area contributed by atoms with Crippen LogP contribution in [0, 0.1) is 5.82 Å². The number of anilines is 4. The van der Waals surface area contributed by atoms with Crippen LogP contribution in [0.3, 0.4) is 0 Å². The second-order valence-electron chi connectivity index (χ2n) is 6.97. The third-order valence-electron chi connectivity index (χ3n) is 5.01. The van der Waals surface area contributed by atoms with Gasteiger partial charge in [-0.15, -0.1) is 0 Å². The molecule has 0 saturated carbocycles. The summed E-state index contributed by atoms with van der Waals surface area (Å²) in [4.78, 5) is 22.3. The molecule has 1 saturated heterocycles. The summed E-state index contributed by atoms with van der Waals surface area (Å²) in [7, 11) is 0. The number of halogens is 1. The lowest BCUT2D eigenvalue weighted by atomic mass is 10.1. The van der Waals surface area contributed by atoms with E-state index >= 15 is 0 Å². The fraction of sp³-hybridized carbons (Fsp3) is 0.333. The number of aromatic nitrogens is 4. The summed E-state index contributed by atoms with van der Waals surface area (Å²) < 4.78 is 13.2. The van der Waals surface area contributed by atoms with E-state index < -0.39 is 0 Å². The van der Waals surface area contributed by atoms with Gasteiger partial charge in [-0.2, -0.15) is 9.97 Å². The standard InChI is InChI=1S/C21H24FN7/c1-3-29(20-14-23-9-10-24-20)19-13-18(28-11-4-12-28)26-21(27-19)25-15(2)16-5-7-17(22)8-6-16/h5-10,13-15H,3-4,11-12H2,1-2H3,(H,25,26,27)/t15-/m0/s1. The first-order valence-electron chi connectivity index (χ1n) is 9.83. The van der Waals surface area contributed by atoms with Crippen molar-refractivity contribution in [3.05, 3.63) is 60.3 Å². The van der Waals surface area contributed by atoms with Crippen LogP contribution < -0.4 is 15.1 Å². The summed E-state index contributed by atoms with van der Waals surface area (Å²) in [5.41, 5.74) is 0.965. The van der Waals surface area contributed by atoms with Gasteiger partial charge in [0.1, 0.15) is 17.5 Å². The Labute approximate surface area is 169 Å². The first kappa shape index (κ1) is 19.0. The predicted octanol–water partition coefficient (Wildman–Crippen LogP) is 3.95. The van der Waals surface area contributed by atoms with Crippen molar-refractivity contribution in [3.8, 4) is 0 Å². The Morgan fingerprint density at radius 1 is 1.14 bits per heavy atom. The van der Waals surface area contributed by atoms with Crippen molar-refractivity contribution in [1.29, 1.82) is 0 Å². The van der Waals surface area contributed by atoms with Crippen LogP contribution in [0.5, 0.6) is 0 Å². The zero-order valence-corrected chi connectivity index (χ0v) is 16.6. The van der Waals surface area contributed by atoms with Gasteiger partial charge in [0.15, 0.2) is 5.82 Å². The Kier molecular flexibility index (Phi) is 5.50. The van der Waals surface area contributed by atoms with Crippen molar-refractivity contribution in [2.24, 2.45) is 0 Å². The highest BCUT2D eigenvalue weighted by atomic mass is 19.1. The molecule has 1 aromatic carbocycles. The van der Waals surface area contributed by atoms with Gasteiger partial charge in [0.05, 0.1) is 12.2 Å². The van der Waals surface area contributed by atoms with Crippen molar-refractivity contribution >= 4 is 23.4 Å². The number of hydrogen-bond donors (Lipinski definition) is 1. The van der Waals surface area contributed by atoms with E-state index in [0.717, 1.165) is 42.5 Å². The lowest BCUT2D eigenvalue weighted by Gasteiger charge is -2.33. The summed E-state index contributed by atoms with van der Waals surface area (Å²) in [6, 6.07) is 8.38. The van der Waals surface area contributed by atoms with Gasteiger partial charge in [0.2, 0.25) is 5.95 Å². The molecule has 1 aliphatic rings. The van der Waals surface area contributed by atoms with E-state index in [4.69, 9.17) is 9.97 Å². The molecule has 150 valence electrons. The normalized spacial score (nSPS) is 14.2. The number of rotatable bonds is 7. The first-order chi connectivity index (χ1) is 14.1. The van der Waals surface area contributed by atoms with Crippen LogP contribution in [-0.4, -0.2) is 39.6 Å². The van der Waals surface area contributed by atoms with Crippen LogP contribution in [0.2, 0.25) is 0 Å². The van der Waals surface area contributed by atoms with Crippen molar-refractivity contribution < 1.29 is 4.39 Å². The fourth-order valence-corrected chi connectivity index (χ4v) is 3.23. The Bertz CT molecular complexity index is 945. The molecule has 0 amide bonds. The Hall–Kier alpha value is -3.29. The number of nitrogens with zero attached hydrogens (tertiary/aromatic N) is 6. The highest BCUT2D eigenvalue weighted by molar-refractivity contribution is 5.62. The molecule has 3 aromatic rings. The molecule has 7 nitrogen and oxygen atoms in total. The SMILES string of the molecule is CCN(c1cnccn1)c1cc(N2CCC2)nc(N[C@@H](C)c2ccc(F)cc2)n1. The number of hydrogen-bond acceptors (Lipinski definition) is 7. The molecule has 1 N–H and O–H groups in total. The molecule has 1 aliphatic heterocycles. The van der Waals surface area contributed by atoms with Crippen molar-refractivity contribution in [2.45, 2.75) is 26.3 Å². The molecule has 29 heavy (non-hydrogen) atoms. The van der Waals surface area contributed by atoms with E-state index in [-0.39, 0.29) is 11.9 Å². The van der Waals surface area contributed by atoms with Crippen LogP contribution >= 0.6 is 0 Å². The van der Waals surface area contributed by atoms with Gasteiger partial charge in [0, 0.05) is 38.1 Å². The summed E-state index contributed by atoms with van der Waals surface area (Å²) >= 11 is 0. The van der Waals surface area contributed by atoms with Gasteiger partial charge in [-0.05, 0) is 38.0 Å². The fourth-order valence-electron chi connectivity index (χ4n) is 3.23. The molecule has 2 aromatic heterocycles. The van der Waals surface area contributed by atoms with Crippen molar-refractivity contribution in [2.75, 3.05) is 34.8 Å². The Morgan fingerprint density at radius 3 is 2.55 bits per heavy atom.